The number of nitrogens with zero attached hydrogens (tertiary/aromatic N) is 1. The Morgan fingerprint density at radius 2 is 2.17 bits per heavy atom. The number of hydrogen-bond acceptors (Lipinski definition) is 3. The van der Waals surface area contributed by atoms with E-state index in [1.54, 1.807) is 0 Å². The molecule has 6 heteroatoms. The van der Waals surface area contributed by atoms with Crippen molar-refractivity contribution in [1.82, 2.24) is 4.98 Å². The summed E-state index contributed by atoms with van der Waals surface area (Å²) in [5.41, 5.74) is 0.884. The molecule has 1 aromatic carbocycles. The largest absolute Gasteiger partial charge is 0.451 e. The third-order valence-corrected chi connectivity index (χ3v) is 2.30. The first kappa shape index (κ1) is 12.2. The highest BCUT2D eigenvalue weighted by Gasteiger charge is 2.07. The van der Waals surface area contributed by atoms with Gasteiger partial charge in [0, 0.05) is 24.6 Å². The number of rotatable bonds is 4. The first-order valence-corrected chi connectivity index (χ1v) is 5.27. The van der Waals surface area contributed by atoms with Crippen molar-refractivity contribution in [3.05, 3.63) is 48.2 Å². The SMILES string of the molecule is O=C(CCc1cocn1)Nc1ccc(F)c(F)c1. The molecular weight excluding hydrogens is 242 g/mol. The smallest absolute Gasteiger partial charge is 0.224 e. The lowest BCUT2D eigenvalue weighted by molar-refractivity contribution is -0.116. The number of carbonyl (C=O) groups excluding carboxylic acids is 1. The molecule has 0 aliphatic heterocycles. The minimum atomic E-state index is -0.996. The molecule has 18 heavy (non-hydrogen) atoms. The van der Waals surface area contributed by atoms with E-state index in [4.69, 9.17) is 4.42 Å². The van der Waals surface area contributed by atoms with Gasteiger partial charge in [-0.15, -0.1) is 0 Å². The molecule has 1 amide bonds. The fourth-order valence-corrected chi connectivity index (χ4v) is 1.40. The Bertz CT molecular complexity index is 541. The monoisotopic (exact) mass is 252 g/mol. The second-order valence-electron chi connectivity index (χ2n) is 3.66. The second kappa shape index (κ2) is 5.39. The molecule has 1 heterocycles. The summed E-state index contributed by atoms with van der Waals surface area (Å²) in [4.78, 5) is 15.4. The Morgan fingerprint density at radius 3 is 2.83 bits per heavy atom. The minimum Gasteiger partial charge on any atom is -0.451 e. The predicted molar refractivity (Wildman–Crippen MR) is 59.8 cm³/mol. The molecule has 2 aromatic rings. The lowest BCUT2D eigenvalue weighted by Gasteiger charge is -2.04. The minimum absolute atomic E-state index is 0.186. The van der Waals surface area contributed by atoms with Gasteiger partial charge in [-0.2, -0.15) is 0 Å². The number of aromatic nitrogens is 1. The summed E-state index contributed by atoms with van der Waals surface area (Å²) >= 11 is 0. The zero-order valence-corrected chi connectivity index (χ0v) is 9.32. The van der Waals surface area contributed by atoms with E-state index in [2.05, 4.69) is 10.3 Å². The van der Waals surface area contributed by atoms with Crippen LogP contribution in [0.4, 0.5) is 14.5 Å². The molecule has 2 rings (SSSR count). The zero-order valence-electron chi connectivity index (χ0n) is 9.32. The number of carbonyl (C=O) groups is 1. The molecule has 1 aromatic heterocycles. The standard InChI is InChI=1S/C12H10F2N2O2/c13-10-3-1-8(5-11(10)14)16-12(17)4-2-9-6-18-7-15-9/h1,3,5-7H,2,4H2,(H,16,17). The van der Waals surface area contributed by atoms with Crippen LogP contribution < -0.4 is 5.32 Å². The summed E-state index contributed by atoms with van der Waals surface area (Å²) in [5, 5.41) is 2.47. The van der Waals surface area contributed by atoms with Gasteiger partial charge in [0.05, 0.1) is 5.69 Å². The molecule has 0 aliphatic carbocycles. The summed E-state index contributed by atoms with van der Waals surface area (Å²) in [7, 11) is 0. The van der Waals surface area contributed by atoms with Gasteiger partial charge >= 0.3 is 0 Å². The number of halogens is 2. The molecule has 0 atom stereocenters. The van der Waals surface area contributed by atoms with Crippen LogP contribution in [0.15, 0.2) is 35.3 Å². The van der Waals surface area contributed by atoms with Gasteiger partial charge in [0.1, 0.15) is 6.26 Å². The molecule has 0 spiro atoms. The predicted octanol–water partition coefficient (Wildman–Crippen LogP) is 2.52. The zero-order chi connectivity index (χ0) is 13.0. The van der Waals surface area contributed by atoms with Crippen molar-refractivity contribution in [3.63, 3.8) is 0 Å². The van der Waals surface area contributed by atoms with E-state index in [0.29, 0.717) is 12.1 Å². The van der Waals surface area contributed by atoms with Crippen molar-refractivity contribution in [2.45, 2.75) is 12.8 Å². The van der Waals surface area contributed by atoms with Gasteiger partial charge < -0.3 is 9.73 Å². The van der Waals surface area contributed by atoms with Crippen molar-refractivity contribution in [1.29, 1.82) is 0 Å². The topological polar surface area (TPSA) is 55.1 Å². The summed E-state index contributed by atoms with van der Waals surface area (Å²) in [6, 6.07) is 3.19. The van der Waals surface area contributed by atoms with Crippen molar-refractivity contribution in [2.24, 2.45) is 0 Å². The van der Waals surface area contributed by atoms with Crippen LogP contribution in [-0.4, -0.2) is 10.9 Å². The molecule has 0 saturated heterocycles. The van der Waals surface area contributed by atoms with Crippen molar-refractivity contribution >= 4 is 11.6 Å². The Morgan fingerprint density at radius 1 is 1.33 bits per heavy atom. The highest BCUT2D eigenvalue weighted by atomic mass is 19.2. The van der Waals surface area contributed by atoms with Gasteiger partial charge in [0.2, 0.25) is 5.91 Å². The summed E-state index contributed by atoms with van der Waals surface area (Å²) in [5.74, 6) is -2.25. The van der Waals surface area contributed by atoms with Crippen molar-refractivity contribution in [2.75, 3.05) is 5.32 Å². The van der Waals surface area contributed by atoms with Crippen LogP contribution in [0, 0.1) is 11.6 Å². The van der Waals surface area contributed by atoms with Gasteiger partial charge in [-0.3, -0.25) is 4.79 Å². The van der Waals surface area contributed by atoms with E-state index in [9.17, 15) is 13.6 Å². The summed E-state index contributed by atoms with van der Waals surface area (Å²) < 4.78 is 30.3. The van der Waals surface area contributed by atoms with Gasteiger partial charge in [-0.05, 0) is 12.1 Å². The third kappa shape index (κ3) is 3.13. The van der Waals surface area contributed by atoms with Crippen LogP contribution in [0.5, 0.6) is 0 Å². The summed E-state index contributed by atoms with van der Waals surface area (Å²) in [6.45, 7) is 0. The number of amides is 1. The molecule has 94 valence electrons. The maximum absolute atomic E-state index is 12.9. The van der Waals surface area contributed by atoms with E-state index in [1.807, 2.05) is 0 Å². The van der Waals surface area contributed by atoms with Gasteiger partial charge in [0.25, 0.3) is 0 Å². The molecular formula is C12H10F2N2O2. The van der Waals surface area contributed by atoms with Crippen LogP contribution >= 0.6 is 0 Å². The van der Waals surface area contributed by atoms with Crippen LogP contribution in [-0.2, 0) is 11.2 Å². The quantitative estimate of drug-likeness (QED) is 0.909. The Labute approximate surface area is 102 Å². The molecule has 0 radical (unpaired) electrons. The third-order valence-electron chi connectivity index (χ3n) is 2.30. The van der Waals surface area contributed by atoms with E-state index in [0.717, 1.165) is 12.1 Å². The van der Waals surface area contributed by atoms with Crippen LogP contribution in [0.1, 0.15) is 12.1 Å². The molecule has 0 bridgehead atoms. The molecule has 0 fully saturated rings. The molecule has 1 N–H and O–H groups in total. The van der Waals surface area contributed by atoms with Crippen molar-refractivity contribution < 1.29 is 18.0 Å². The lowest BCUT2D eigenvalue weighted by Crippen LogP contribution is -2.12. The van der Waals surface area contributed by atoms with Gasteiger partial charge in [0.15, 0.2) is 18.0 Å². The van der Waals surface area contributed by atoms with Crippen LogP contribution in [0.2, 0.25) is 0 Å². The maximum atomic E-state index is 12.9. The maximum Gasteiger partial charge on any atom is 0.224 e. The average molecular weight is 252 g/mol. The Kier molecular flexibility index (Phi) is 3.66. The van der Waals surface area contributed by atoms with E-state index >= 15 is 0 Å². The molecule has 0 unspecified atom stereocenters. The number of oxazole rings is 1. The normalized spacial score (nSPS) is 10.3. The average Bonchev–Trinajstić information content (AvgIpc) is 2.84. The molecule has 0 aliphatic rings. The number of aryl methyl sites for hydroxylation is 1. The van der Waals surface area contributed by atoms with Gasteiger partial charge in [-0.1, -0.05) is 0 Å². The first-order chi connectivity index (χ1) is 8.65. The van der Waals surface area contributed by atoms with Crippen LogP contribution in [0.3, 0.4) is 0 Å². The number of hydrogen-bond donors (Lipinski definition) is 1. The van der Waals surface area contributed by atoms with Crippen LogP contribution in [0.25, 0.3) is 0 Å². The molecule has 4 nitrogen and oxygen atoms in total. The van der Waals surface area contributed by atoms with E-state index < -0.39 is 11.6 Å². The highest BCUT2D eigenvalue weighted by Crippen LogP contribution is 2.13. The fourth-order valence-electron chi connectivity index (χ4n) is 1.40. The first-order valence-electron chi connectivity index (χ1n) is 5.27. The molecule has 0 saturated carbocycles. The second-order valence-corrected chi connectivity index (χ2v) is 3.66. The van der Waals surface area contributed by atoms with E-state index in [-0.39, 0.29) is 18.0 Å². The fraction of sp³-hybridized carbons (Fsp3) is 0.167. The number of nitrogens with one attached hydrogen (secondary N) is 1. The lowest BCUT2D eigenvalue weighted by atomic mass is 10.2. The van der Waals surface area contributed by atoms with E-state index in [1.165, 1.54) is 18.7 Å². The number of benzene rings is 1. The Hall–Kier alpha value is -2.24. The van der Waals surface area contributed by atoms with Gasteiger partial charge in [-0.25, -0.2) is 13.8 Å². The Balaban J connectivity index is 1.88. The van der Waals surface area contributed by atoms with Crippen molar-refractivity contribution in [3.8, 4) is 0 Å². The number of anilines is 1. The highest BCUT2D eigenvalue weighted by molar-refractivity contribution is 5.90. The summed E-state index contributed by atoms with van der Waals surface area (Å²) in [6.07, 6.45) is 3.34.